The molecule has 0 saturated carbocycles. The van der Waals surface area contributed by atoms with Crippen LogP contribution < -0.4 is 5.32 Å². The molecular formula is C23H20F2N2. The molecule has 0 spiro atoms. The maximum Gasteiger partial charge on any atom is 0.123 e. The molecule has 0 bridgehead atoms. The van der Waals surface area contributed by atoms with Crippen LogP contribution in [-0.2, 0) is 6.42 Å². The minimum Gasteiger partial charge on any atom is -0.310 e. The van der Waals surface area contributed by atoms with Crippen LogP contribution in [-0.4, -0.2) is 17.6 Å². The van der Waals surface area contributed by atoms with Crippen LogP contribution in [0.2, 0.25) is 0 Å². The summed E-state index contributed by atoms with van der Waals surface area (Å²) in [7, 11) is 0. The zero-order valence-corrected chi connectivity index (χ0v) is 14.8. The van der Waals surface area contributed by atoms with Crippen molar-refractivity contribution in [1.82, 2.24) is 10.3 Å². The van der Waals surface area contributed by atoms with Crippen LogP contribution >= 0.6 is 0 Å². The SMILES string of the molecule is Fc1ccc(C2=CCNC(Cc3cnccc3-c3cccc(F)c3)C2)cc1. The second-order valence-corrected chi connectivity index (χ2v) is 6.79. The molecule has 136 valence electrons. The molecule has 1 aromatic heterocycles. The number of hydrogen-bond donors (Lipinski definition) is 1. The Bertz CT molecular complexity index is 964. The smallest absolute Gasteiger partial charge is 0.123 e. The zero-order chi connectivity index (χ0) is 18.6. The molecule has 2 aromatic carbocycles. The van der Waals surface area contributed by atoms with Gasteiger partial charge in [0.25, 0.3) is 0 Å². The molecule has 0 fully saturated rings. The van der Waals surface area contributed by atoms with Gasteiger partial charge >= 0.3 is 0 Å². The highest BCUT2D eigenvalue weighted by molar-refractivity contribution is 5.68. The van der Waals surface area contributed by atoms with Gasteiger partial charge in [0, 0.05) is 25.0 Å². The molecule has 3 aromatic rings. The van der Waals surface area contributed by atoms with Crippen LogP contribution in [0, 0.1) is 11.6 Å². The van der Waals surface area contributed by atoms with E-state index < -0.39 is 0 Å². The lowest BCUT2D eigenvalue weighted by Crippen LogP contribution is -2.34. The molecule has 2 heterocycles. The standard InChI is InChI=1S/C23H20F2N2/c24-20-6-4-16(5-7-20)17-8-11-27-22(13-17)14-19-15-26-10-9-23(19)18-2-1-3-21(25)12-18/h1-10,12,15,22,27H,11,13-14H2. The number of pyridine rings is 1. The van der Waals surface area contributed by atoms with Crippen molar-refractivity contribution in [3.05, 3.63) is 95.8 Å². The molecule has 0 aliphatic carbocycles. The highest BCUT2D eigenvalue weighted by atomic mass is 19.1. The van der Waals surface area contributed by atoms with Crippen LogP contribution in [0.3, 0.4) is 0 Å². The molecule has 0 radical (unpaired) electrons. The minimum atomic E-state index is -0.243. The topological polar surface area (TPSA) is 24.9 Å². The fourth-order valence-electron chi connectivity index (χ4n) is 3.61. The molecule has 0 saturated heterocycles. The van der Waals surface area contributed by atoms with Gasteiger partial charge in [0.2, 0.25) is 0 Å². The van der Waals surface area contributed by atoms with Gasteiger partial charge in [-0.25, -0.2) is 8.78 Å². The highest BCUT2D eigenvalue weighted by Gasteiger charge is 2.18. The van der Waals surface area contributed by atoms with E-state index in [1.807, 2.05) is 30.5 Å². The Labute approximate surface area is 157 Å². The fourth-order valence-corrected chi connectivity index (χ4v) is 3.61. The maximum atomic E-state index is 13.6. The second kappa shape index (κ2) is 7.80. The van der Waals surface area contributed by atoms with Gasteiger partial charge in [0.1, 0.15) is 11.6 Å². The van der Waals surface area contributed by atoms with Gasteiger partial charge in [-0.15, -0.1) is 0 Å². The molecule has 1 unspecified atom stereocenters. The Morgan fingerprint density at radius 2 is 1.81 bits per heavy atom. The molecule has 1 atom stereocenters. The predicted molar refractivity (Wildman–Crippen MR) is 104 cm³/mol. The summed E-state index contributed by atoms with van der Waals surface area (Å²) in [5.74, 6) is -0.465. The number of aromatic nitrogens is 1. The molecular weight excluding hydrogens is 342 g/mol. The largest absolute Gasteiger partial charge is 0.310 e. The lowest BCUT2D eigenvalue weighted by molar-refractivity contribution is 0.533. The Balaban J connectivity index is 1.55. The van der Waals surface area contributed by atoms with Crippen LogP contribution in [0.25, 0.3) is 16.7 Å². The van der Waals surface area contributed by atoms with Crippen molar-refractivity contribution in [3.8, 4) is 11.1 Å². The lowest BCUT2D eigenvalue weighted by atomic mass is 9.90. The molecule has 1 aliphatic heterocycles. The quantitative estimate of drug-likeness (QED) is 0.705. The fraction of sp³-hybridized carbons (Fsp3) is 0.174. The van der Waals surface area contributed by atoms with E-state index in [2.05, 4.69) is 16.4 Å². The van der Waals surface area contributed by atoms with Crippen LogP contribution in [0.5, 0.6) is 0 Å². The normalized spacial score (nSPS) is 16.8. The van der Waals surface area contributed by atoms with E-state index in [9.17, 15) is 8.78 Å². The first-order valence-corrected chi connectivity index (χ1v) is 9.06. The van der Waals surface area contributed by atoms with Crippen LogP contribution in [0.15, 0.2) is 73.1 Å². The van der Waals surface area contributed by atoms with E-state index in [-0.39, 0.29) is 17.7 Å². The third-order valence-corrected chi connectivity index (χ3v) is 4.94. The van der Waals surface area contributed by atoms with Gasteiger partial charge in [0.15, 0.2) is 0 Å². The first-order chi connectivity index (χ1) is 13.2. The number of halogens is 2. The van der Waals surface area contributed by atoms with E-state index in [0.717, 1.165) is 41.6 Å². The Hall–Kier alpha value is -2.85. The molecule has 0 amide bonds. The van der Waals surface area contributed by atoms with Crippen LogP contribution in [0.4, 0.5) is 8.78 Å². The second-order valence-electron chi connectivity index (χ2n) is 6.79. The Morgan fingerprint density at radius 3 is 2.63 bits per heavy atom. The summed E-state index contributed by atoms with van der Waals surface area (Å²) in [6.45, 7) is 0.771. The molecule has 2 nitrogen and oxygen atoms in total. The third kappa shape index (κ3) is 4.12. The van der Waals surface area contributed by atoms with E-state index in [0.29, 0.717) is 0 Å². The van der Waals surface area contributed by atoms with Crippen molar-refractivity contribution in [2.75, 3.05) is 6.54 Å². The maximum absolute atomic E-state index is 13.6. The Kier molecular flexibility index (Phi) is 5.07. The van der Waals surface area contributed by atoms with Gasteiger partial charge in [-0.2, -0.15) is 0 Å². The average Bonchev–Trinajstić information content (AvgIpc) is 2.69. The molecule has 27 heavy (non-hydrogen) atoms. The monoisotopic (exact) mass is 362 g/mol. The van der Waals surface area contributed by atoms with Crippen LogP contribution in [0.1, 0.15) is 17.5 Å². The molecule has 4 heteroatoms. The summed E-state index contributed by atoms with van der Waals surface area (Å²) < 4.78 is 26.8. The summed E-state index contributed by atoms with van der Waals surface area (Å²) >= 11 is 0. The number of hydrogen-bond acceptors (Lipinski definition) is 2. The summed E-state index contributed by atoms with van der Waals surface area (Å²) in [5.41, 5.74) is 5.22. The van der Waals surface area contributed by atoms with Gasteiger partial charge in [-0.05, 0) is 71.0 Å². The molecule has 4 rings (SSSR count). The van der Waals surface area contributed by atoms with E-state index in [4.69, 9.17) is 0 Å². The summed E-state index contributed by atoms with van der Waals surface area (Å²) in [4.78, 5) is 4.27. The highest BCUT2D eigenvalue weighted by Crippen LogP contribution is 2.28. The first-order valence-electron chi connectivity index (χ1n) is 9.06. The van der Waals surface area contributed by atoms with Crippen molar-refractivity contribution in [3.63, 3.8) is 0 Å². The molecule has 1 N–H and O–H groups in total. The average molecular weight is 362 g/mol. The number of nitrogens with one attached hydrogen (secondary N) is 1. The molecule has 1 aliphatic rings. The third-order valence-electron chi connectivity index (χ3n) is 4.94. The van der Waals surface area contributed by atoms with Gasteiger partial charge in [-0.1, -0.05) is 30.3 Å². The van der Waals surface area contributed by atoms with E-state index in [1.54, 1.807) is 18.3 Å². The Morgan fingerprint density at radius 1 is 0.963 bits per heavy atom. The van der Waals surface area contributed by atoms with Crippen molar-refractivity contribution >= 4 is 5.57 Å². The van der Waals surface area contributed by atoms with E-state index in [1.165, 1.54) is 23.8 Å². The predicted octanol–water partition coefficient (Wildman–Crippen LogP) is 5.01. The lowest BCUT2D eigenvalue weighted by Gasteiger charge is -2.25. The summed E-state index contributed by atoms with van der Waals surface area (Å²) in [6.07, 6.45) is 7.39. The summed E-state index contributed by atoms with van der Waals surface area (Å²) in [5, 5.41) is 3.52. The van der Waals surface area contributed by atoms with Crippen molar-refractivity contribution in [1.29, 1.82) is 0 Å². The van der Waals surface area contributed by atoms with Gasteiger partial charge in [0.05, 0.1) is 0 Å². The van der Waals surface area contributed by atoms with Crippen molar-refractivity contribution in [2.45, 2.75) is 18.9 Å². The first kappa shape index (κ1) is 17.6. The number of benzene rings is 2. The van der Waals surface area contributed by atoms with Crippen molar-refractivity contribution in [2.24, 2.45) is 0 Å². The zero-order valence-electron chi connectivity index (χ0n) is 14.8. The minimum absolute atomic E-state index is 0.222. The van der Waals surface area contributed by atoms with Gasteiger partial charge in [-0.3, -0.25) is 4.98 Å². The summed E-state index contributed by atoms with van der Waals surface area (Å²) in [6, 6.07) is 15.5. The van der Waals surface area contributed by atoms with Crippen molar-refractivity contribution < 1.29 is 8.78 Å². The van der Waals surface area contributed by atoms with E-state index >= 15 is 0 Å². The van der Waals surface area contributed by atoms with Gasteiger partial charge < -0.3 is 5.32 Å². The number of nitrogens with zero attached hydrogens (tertiary/aromatic N) is 1. The number of rotatable bonds is 4.